The Kier molecular flexibility index (Phi) is 6.80. The zero-order chi connectivity index (χ0) is 27.4. The van der Waals surface area contributed by atoms with Crippen LogP contribution in [0.25, 0.3) is 0 Å². The molecule has 7 aliphatic rings. The van der Waals surface area contributed by atoms with E-state index < -0.39 is 0 Å². The number of nitrogens with one attached hydrogen (secondary N) is 1. The number of nitrogens with zero attached hydrogens (tertiary/aromatic N) is 4. The van der Waals surface area contributed by atoms with Gasteiger partial charge in [-0.3, -0.25) is 4.99 Å². The normalized spacial score (nSPS) is 28.6. The Morgan fingerprint density at radius 3 is 2.42 bits per heavy atom. The van der Waals surface area contributed by atoms with Crippen molar-refractivity contribution >= 4 is 5.71 Å². The van der Waals surface area contributed by atoms with E-state index in [9.17, 15) is 0 Å². The lowest BCUT2D eigenvalue weighted by Gasteiger charge is -2.33. The highest BCUT2D eigenvalue weighted by Gasteiger charge is 2.36. The van der Waals surface area contributed by atoms with Gasteiger partial charge in [0.15, 0.2) is 0 Å². The Labute approximate surface area is 241 Å². The van der Waals surface area contributed by atoms with Crippen LogP contribution in [0.2, 0.25) is 0 Å². The quantitative estimate of drug-likeness (QED) is 0.352. The summed E-state index contributed by atoms with van der Waals surface area (Å²) in [6.45, 7) is 17.4. The molecule has 5 nitrogen and oxygen atoms in total. The molecule has 2 saturated carbocycles. The Hall–Kier alpha value is -2.95. The van der Waals surface area contributed by atoms with E-state index in [1.165, 1.54) is 91.9 Å². The van der Waals surface area contributed by atoms with E-state index in [4.69, 9.17) is 4.99 Å². The monoisotopic (exact) mass is 537 g/mol. The fraction of sp³-hybridized carbons (Fsp3) is 0.571. The molecule has 3 fully saturated rings. The molecule has 0 spiro atoms. The summed E-state index contributed by atoms with van der Waals surface area (Å²) in [6, 6.07) is 0.459. The number of allylic oxidation sites excluding steroid dienone is 4. The number of rotatable bonds is 8. The van der Waals surface area contributed by atoms with Crippen molar-refractivity contribution in [3.63, 3.8) is 0 Å². The molecule has 0 aromatic heterocycles. The molecule has 5 heteroatoms. The summed E-state index contributed by atoms with van der Waals surface area (Å²) >= 11 is 0. The van der Waals surface area contributed by atoms with Crippen LogP contribution >= 0.6 is 0 Å². The molecule has 3 aliphatic carbocycles. The third kappa shape index (κ3) is 5.01. The molecule has 0 aromatic carbocycles. The van der Waals surface area contributed by atoms with Gasteiger partial charge in [-0.05, 0) is 73.3 Å². The Bertz CT molecular complexity index is 1250. The second-order valence-electron chi connectivity index (χ2n) is 13.4. The van der Waals surface area contributed by atoms with Crippen LogP contribution in [0.4, 0.5) is 0 Å². The number of fused-ring (bicyclic) bond motifs is 1. The van der Waals surface area contributed by atoms with Crippen molar-refractivity contribution in [3.8, 4) is 0 Å². The Morgan fingerprint density at radius 1 is 0.975 bits per heavy atom. The van der Waals surface area contributed by atoms with E-state index in [0.717, 1.165) is 50.8 Å². The first-order valence-electron chi connectivity index (χ1n) is 15.9. The number of likely N-dealkylation sites (N-methyl/N-ethyl adjacent to an activating group) is 1. The van der Waals surface area contributed by atoms with Gasteiger partial charge in [-0.1, -0.05) is 57.9 Å². The van der Waals surface area contributed by atoms with Gasteiger partial charge < -0.3 is 20.0 Å². The first kappa shape index (κ1) is 26.0. The number of hydrogen-bond donors (Lipinski definition) is 1. The summed E-state index contributed by atoms with van der Waals surface area (Å²) in [5.41, 5.74) is 10.9. The SMILES string of the molecule is C=C(C1=CC(C2CC2)=NC(CCC2CCCCC2)C1)N1CC2=C(C1)CN(C(=C)C1C=C3C(=CC1)NC(=C)N3C)C2. The van der Waals surface area contributed by atoms with E-state index in [-0.39, 0.29) is 0 Å². The number of dihydropyridines is 1. The molecule has 7 rings (SSSR count). The van der Waals surface area contributed by atoms with Gasteiger partial charge in [0.1, 0.15) is 5.82 Å². The lowest BCUT2D eigenvalue weighted by molar-refractivity contribution is 0.321. The van der Waals surface area contributed by atoms with Gasteiger partial charge in [0.05, 0.1) is 17.4 Å². The summed E-state index contributed by atoms with van der Waals surface area (Å²) in [4.78, 5) is 12.5. The summed E-state index contributed by atoms with van der Waals surface area (Å²) < 4.78 is 0. The van der Waals surface area contributed by atoms with Gasteiger partial charge in [0, 0.05) is 62.2 Å². The maximum atomic E-state index is 5.28. The first-order chi connectivity index (χ1) is 19.4. The molecule has 40 heavy (non-hydrogen) atoms. The van der Waals surface area contributed by atoms with Crippen LogP contribution in [-0.2, 0) is 0 Å². The van der Waals surface area contributed by atoms with Crippen molar-refractivity contribution in [2.75, 3.05) is 33.2 Å². The molecule has 0 amide bonds. The molecule has 0 bridgehead atoms. The molecule has 4 aliphatic heterocycles. The van der Waals surface area contributed by atoms with E-state index in [1.54, 1.807) is 11.1 Å². The Balaban J connectivity index is 0.953. The minimum atomic E-state index is 0.345. The predicted molar refractivity (Wildman–Crippen MR) is 165 cm³/mol. The standard InChI is InChI=1S/C35H47N5/c1-23(28-13-15-33-35(18-28)38(4)25(3)36-33)39-19-30-21-40(22-31(30)20-39)24(2)29-16-32(37-34(17-29)27-11-12-27)14-10-26-8-6-5-7-9-26/h15,17-18,26-28,32,36H,1-3,5-14,16,19-22H2,4H3. The van der Waals surface area contributed by atoms with Crippen LogP contribution in [0.15, 0.2) is 88.3 Å². The molecular formula is C35H47N5. The molecule has 0 aromatic rings. The van der Waals surface area contributed by atoms with Gasteiger partial charge in [0.25, 0.3) is 0 Å². The van der Waals surface area contributed by atoms with Crippen LogP contribution in [0.5, 0.6) is 0 Å². The maximum Gasteiger partial charge on any atom is 0.103 e. The third-order valence-electron chi connectivity index (χ3n) is 10.6. The van der Waals surface area contributed by atoms with Crippen LogP contribution < -0.4 is 5.32 Å². The smallest absolute Gasteiger partial charge is 0.103 e. The van der Waals surface area contributed by atoms with Crippen molar-refractivity contribution in [3.05, 3.63) is 83.3 Å². The molecule has 0 radical (unpaired) electrons. The van der Waals surface area contributed by atoms with Gasteiger partial charge in [-0.2, -0.15) is 0 Å². The highest BCUT2D eigenvalue weighted by atomic mass is 15.3. The van der Waals surface area contributed by atoms with Gasteiger partial charge in [-0.15, -0.1) is 0 Å². The number of aliphatic imine (C=N–C) groups is 1. The van der Waals surface area contributed by atoms with Crippen LogP contribution in [-0.4, -0.2) is 59.7 Å². The van der Waals surface area contributed by atoms with Gasteiger partial charge in [-0.25, -0.2) is 0 Å². The molecule has 2 atom stereocenters. The van der Waals surface area contributed by atoms with Crippen LogP contribution in [0.1, 0.15) is 70.6 Å². The lowest BCUT2D eigenvalue weighted by atomic mass is 9.84. The van der Waals surface area contributed by atoms with E-state index in [2.05, 4.69) is 65.0 Å². The average molecular weight is 538 g/mol. The van der Waals surface area contributed by atoms with Crippen molar-refractivity contribution < 1.29 is 0 Å². The summed E-state index contributed by atoms with van der Waals surface area (Å²) in [5.74, 6) is 2.94. The van der Waals surface area contributed by atoms with Crippen molar-refractivity contribution in [1.82, 2.24) is 20.0 Å². The lowest BCUT2D eigenvalue weighted by Crippen LogP contribution is -2.32. The summed E-state index contributed by atoms with van der Waals surface area (Å²) in [7, 11) is 2.08. The zero-order valence-corrected chi connectivity index (χ0v) is 24.6. The molecule has 2 unspecified atom stereocenters. The van der Waals surface area contributed by atoms with Crippen molar-refractivity contribution in [2.24, 2.45) is 22.7 Å². The van der Waals surface area contributed by atoms with Gasteiger partial charge >= 0.3 is 0 Å². The van der Waals surface area contributed by atoms with E-state index >= 15 is 0 Å². The second-order valence-corrected chi connectivity index (χ2v) is 13.4. The number of hydrogen-bond acceptors (Lipinski definition) is 5. The van der Waals surface area contributed by atoms with Crippen molar-refractivity contribution in [2.45, 2.75) is 76.7 Å². The van der Waals surface area contributed by atoms with Crippen LogP contribution in [0.3, 0.4) is 0 Å². The third-order valence-corrected chi connectivity index (χ3v) is 10.6. The highest BCUT2D eigenvalue weighted by molar-refractivity contribution is 6.00. The predicted octanol–water partition coefficient (Wildman–Crippen LogP) is 6.65. The first-order valence-corrected chi connectivity index (χ1v) is 15.9. The topological polar surface area (TPSA) is 34.1 Å². The molecular weight excluding hydrogens is 490 g/mol. The zero-order valence-electron chi connectivity index (χ0n) is 24.6. The molecule has 1 saturated heterocycles. The fourth-order valence-electron chi connectivity index (χ4n) is 7.79. The molecule has 4 heterocycles. The summed E-state index contributed by atoms with van der Waals surface area (Å²) in [5, 5.41) is 3.39. The Morgan fingerprint density at radius 2 is 1.70 bits per heavy atom. The minimum Gasteiger partial charge on any atom is -0.367 e. The van der Waals surface area contributed by atoms with Gasteiger partial charge in [0.2, 0.25) is 0 Å². The summed E-state index contributed by atoms with van der Waals surface area (Å²) in [6.07, 6.45) is 21.6. The average Bonchev–Trinajstić information content (AvgIpc) is 3.55. The second kappa shape index (κ2) is 10.5. The van der Waals surface area contributed by atoms with Crippen molar-refractivity contribution in [1.29, 1.82) is 0 Å². The van der Waals surface area contributed by atoms with E-state index in [1.807, 2.05) is 0 Å². The maximum absolute atomic E-state index is 5.28. The van der Waals surface area contributed by atoms with Crippen LogP contribution in [0, 0.1) is 17.8 Å². The van der Waals surface area contributed by atoms with E-state index in [0.29, 0.717) is 17.9 Å². The molecule has 1 N–H and O–H groups in total. The fourth-order valence-corrected chi connectivity index (χ4v) is 7.79. The molecule has 212 valence electrons. The highest BCUT2D eigenvalue weighted by Crippen LogP contribution is 2.40. The largest absolute Gasteiger partial charge is 0.367 e. The minimum absolute atomic E-state index is 0.345.